The number of carbonyl (C=O) groups is 1. The molecule has 0 aromatic carbocycles. The van der Waals surface area contributed by atoms with E-state index in [1.807, 2.05) is 0 Å². The van der Waals surface area contributed by atoms with Gasteiger partial charge in [-0.1, -0.05) is 172 Å². The van der Waals surface area contributed by atoms with Gasteiger partial charge >= 0.3 is 7.82 Å². The summed E-state index contributed by atoms with van der Waals surface area (Å²) in [6.07, 6.45) is 44.5. The number of aliphatic hydroxyl groups excluding tert-OH is 1. The summed E-state index contributed by atoms with van der Waals surface area (Å²) >= 11 is 0. The van der Waals surface area contributed by atoms with E-state index in [0.717, 1.165) is 57.8 Å². The minimum atomic E-state index is -4.31. The number of hydrogen-bond donors (Lipinski definition) is 4. The molecule has 3 atom stereocenters. The average molecular weight is 741 g/mol. The maximum Gasteiger partial charge on any atom is 0.472 e. The SMILES string of the molecule is CCCCCCC/C=C\C/C=C\C/C=C\CCCCCCCCCCC(=O)NC(COP(=O)(O)OCCN)C(O)CCCCCCCCCCC. The third kappa shape index (κ3) is 36.9. The number of hydrogen-bond acceptors (Lipinski definition) is 6. The molecule has 5 N–H and O–H groups in total. The van der Waals surface area contributed by atoms with Crippen LogP contribution < -0.4 is 11.1 Å². The van der Waals surface area contributed by atoms with E-state index in [0.29, 0.717) is 12.8 Å². The molecule has 0 bridgehead atoms. The monoisotopic (exact) mass is 741 g/mol. The van der Waals surface area contributed by atoms with Gasteiger partial charge in [-0.25, -0.2) is 4.57 Å². The van der Waals surface area contributed by atoms with Crippen molar-refractivity contribution in [1.82, 2.24) is 5.32 Å². The predicted molar refractivity (Wildman–Crippen MR) is 217 cm³/mol. The number of phosphoric ester groups is 1. The second-order valence-corrected chi connectivity index (χ2v) is 15.7. The molecular weight excluding hydrogens is 659 g/mol. The van der Waals surface area contributed by atoms with Crippen LogP contribution in [0.15, 0.2) is 36.5 Å². The van der Waals surface area contributed by atoms with Crippen molar-refractivity contribution in [2.45, 2.75) is 206 Å². The maximum absolute atomic E-state index is 12.7. The van der Waals surface area contributed by atoms with Crippen molar-refractivity contribution in [3.63, 3.8) is 0 Å². The molecule has 0 aromatic rings. The van der Waals surface area contributed by atoms with Crippen LogP contribution in [0.25, 0.3) is 0 Å². The molecule has 1 amide bonds. The zero-order valence-corrected chi connectivity index (χ0v) is 34.0. The Balaban J connectivity index is 4.07. The Morgan fingerprint density at radius 3 is 1.57 bits per heavy atom. The lowest BCUT2D eigenvalue weighted by Gasteiger charge is -2.25. The molecule has 0 spiro atoms. The van der Waals surface area contributed by atoms with Crippen LogP contribution in [0.1, 0.15) is 194 Å². The highest BCUT2D eigenvalue weighted by Crippen LogP contribution is 2.43. The molecule has 0 radical (unpaired) electrons. The summed E-state index contributed by atoms with van der Waals surface area (Å²) in [5, 5.41) is 13.7. The normalized spacial score (nSPS) is 14.5. The number of carbonyl (C=O) groups excluding carboxylic acids is 1. The summed E-state index contributed by atoms with van der Waals surface area (Å²) in [5.41, 5.74) is 5.36. The van der Waals surface area contributed by atoms with Crippen LogP contribution in [0, 0.1) is 0 Å². The first-order valence-electron chi connectivity index (χ1n) is 21.1. The Labute approximate surface area is 314 Å². The van der Waals surface area contributed by atoms with E-state index in [9.17, 15) is 19.4 Å². The summed E-state index contributed by atoms with van der Waals surface area (Å²) in [5.74, 6) is -0.172. The lowest BCUT2D eigenvalue weighted by atomic mass is 10.0. The molecule has 300 valence electrons. The van der Waals surface area contributed by atoms with E-state index in [2.05, 4.69) is 55.6 Å². The molecule has 0 aromatic heterocycles. The number of amides is 1. The molecule has 9 heteroatoms. The van der Waals surface area contributed by atoms with Crippen LogP contribution in [0.4, 0.5) is 0 Å². The van der Waals surface area contributed by atoms with Crippen LogP contribution in [0.2, 0.25) is 0 Å². The maximum atomic E-state index is 12.7. The topological polar surface area (TPSA) is 131 Å². The quantitative estimate of drug-likeness (QED) is 0.0280. The fraction of sp³-hybridized carbons (Fsp3) is 0.833. The Kier molecular flexibility index (Phi) is 37.5. The number of aliphatic hydroxyl groups is 1. The Morgan fingerprint density at radius 2 is 1.08 bits per heavy atom. The zero-order valence-electron chi connectivity index (χ0n) is 33.1. The molecule has 0 aliphatic heterocycles. The Morgan fingerprint density at radius 1 is 0.647 bits per heavy atom. The Bertz CT molecular complexity index is 897. The predicted octanol–water partition coefficient (Wildman–Crippen LogP) is 11.6. The van der Waals surface area contributed by atoms with E-state index < -0.39 is 20.0 Å². The lowest BCUT2D eigenvalue weighted by Crippen LogP contribution is -2.46. The van der Waals surface area contributed by atoms with E-state index in [1.54, 1.807) is 0 Å². The minimum absolute atomic E-state index is 0.0865. The molecule has 0 fully saturated rings. The van der Waals surface area contributed by atoms with E-state index in [1.165, 1.54) is 109 Å². The van der Waals surface area contributed by atoms with Gasteiger partial charge in [-0.15, -0.1) is 0 Å². The molecule has 0 saturated carbocycles. The van der Waals surface area contributed by atoms with E-state index in [4.69, 9.17) is 14.8 Å². The molecular formula is C42H81N2O6P. The van der Waals surface area contributed by atoms with Gasteiger partial charge in [0.1, 0.15) is 0 Å². The first-order valence-corrected chi connectivity index (χ1v) is 22.6. The molecule has 0 aliphatic carbocycles. The van der Waals surface area contributed by atoms with Crippen LogP contribution in [-0.2, 0) is 18.4 Å². The molecule has 3 unspecified atom stereocenters. The van der Waals surface area contributed by atoms with Crippen molar-refractivity contribution in [3.8, 4) is 0 Å². The number of allylic oxidation sites excluding steroid dienone is 6. The van der Waals surface area contributed by atoms with Crippen molar-refractivity contribution in [2.24, 2.45) is 5.73 Å². The Hall–Kier alpha value is -1.28. The fourth-order valence-corrected chi connectivity index (χ4v) is 6.78. The zero-order chi connectivity index (χ0) is 37.5. The third-order valence-corrected chi connectivity index (χ3v) is 10.2. The fourth-order valence-electron chi connectivity index (χ4n) is 6.02. The van der Waals surface area contributed by atoms with E-state index in [-0.39, 0.29) is 25.7 Å². The minimum Gasteiger partial charge on any atom is -0.391 e. The lowest BCUT2D eigenvalue weighted by molar-refractivity contribution is -0.123. The molecule has 0 saturated heterocycles. The first-order chi connectivity index (χ1) is 24.9. The highest BCUT2D eigenvalue weighted by molar-refractivity contribution is 7.47. The van der Waals surface area contributed by atoms with Gasteiger partial charge in [0.05, 0.1) is 25.4 Å². The molecule has 0 aliphatic rings. The standard InChI is InChI=1S/C42H81N2O6P/c1-3-5-7-9-11-13-14-15-16-17-18-19-20-21-22-23-24-25-26-28-30-32-34-36-42(46)44-40(39-50-51(47,48)49-38-37-43)41(45)35-33-31-29-27-12-10-8-6-4-2/h14-15,17-18,20-21,40-41,45H,3-13,16,19,22-39,43H2,1-2H3,(H,44,46)(H,47,48)/b15-14-,18-17-,21-20-. The molecule has 8 nitrogen and oxygen atoms in total. The second-order valence-electron chi connectivity index (χ2n) is 14.2. The van der Waals surface area contributed by atoms with Gasteiger partial charge in [0.25, 0.3) is 0 Å². The van der Waals surface area contributed by atoms with Gasteiger partial charge in [-0.3, -0.25) is 13.8 Å². The smallest absolute Gasteiger partial charge is 0.391 e. The first kappa shape index (κ1) is 49.7. The van der Waals surface area contributed by atoms with E-state index >= 15 is 0 Å². The second kappa shape index (κ2) is 38.4. The van der Waals surface area contributed by atoms with Crippen LogP contribution >= 0.6 is 7.82 Å². The number of nitrogens with two attached hydrogens (primary N) is 1. The van der Waals surface area contributed by atoms with Crippen LogP contribution in [-0.4, -0.2) is 47.8 Å². The van der Waals surface area contributed by atoms with Crippen molar-refractivity contribution >= 4 is 13.7 Å². The van der Waals surface area contributed by atoms with Crippen LogP contribution in [0.3, 0.4) is 0 Å². The number of phosphoric acid groups is 1. The summed E-state index contributed by atoms with van der Waals surface area (Å²) in [6.45, 7) is 4.16. The van der Waals surface area contributed by atoms with Gasteiger partial charge in [-0.05, 0) is 51.4 Å². The van der Waals surface area contributed by atoms with Gasteiger partial charge in [0.2, 0.25) is 5.91 Å². The van der Waals surface area contributed by atoms with Crippen molar-refractivity contribution in [1.29, 1.82) is 0 Å². The van der Waals surface area contributed by atoms with Gasteiger partial charge in [0, 0.05) is 13.0 Å². The highest BCUT2D eigenvalue weighted by atomic mass is 31.2. The van der Waals surface area contributed by atoms with Gasteiger partial charge < -0.3 is 21.1 Å². The average Bonchev–Trinajstić information content (AvgIpc) is 3.12. The summed E-state index contributed by atoms with van der Waals surface area (Å²) in [7, 11) is -4.31. The number of rotatable bonds is 39. The van der Waals surface area contributed by atoms with Crippen molar-refractivity contribution in [3.05, 3.63) is 36.5 Å². The summed E-state index contributed by atoms with van der Waals surface area (Å²) in [6, 6.07) is -0.776. The molecule has 0 rings (SSSR count). The summed E-state index contributed by atoms with van der Waals surface area (Å²) < 4.78 is 22.1. The number of unbranched alkanes of at least 4 members (excludes halogenated alkanes) is 21. The van der Waals surface area contributed by atoms with Crippen molar-refractivity contribution in [2.75, 3.05) is 19.8 Å². The molecule has 51 heavy (non-hydrogen) atoms. The summed E-state index contributed by atoms with van der Waals surface area (Å²) in [4.78, 5) is 22.6. The largest absolute Gasteiger partial charge is 0.472 e. The number of nitrogens with one attached hydrogen (secondary N) is 1. The van der Waals surface area contributed by atoms with Gasteiger partial charge in [0.15, 0.2) is 0 Å². The molecule has 0 heterocycles. The third-order valence-electron chi connectivity index (χ3n) is 9.25. The highest BCUT2D eigenvalue weighted by Gasteiger charge is 2.27. The van der Waals surface area contributed by atoms with Gasteiger partial charge in [-0.2, -0.15) is 0 Å². The van der Waals surface area contributed by atoms with Crippen LogP contribution in [0.5, 0.6) is 0 Å². The van der Waals surface area contributed by atoms with Crippen molar-refractivity contribution < 1.29 is 28.4 Å².